The van der Waals surface area contributed by atoms with Gasteiger partial charge in [0.1, 0.15) is 16.7 Å². The van der Waals surface area contributed by atoms with Crippen molar-refractivity contribution in [2.24, 2.45) is 11.1 Å². The Bertz CT molecular complexity index is 1110. The van der Waals surface area contributed by atoms with Crippen molar-refractivity contribution in [2.45, 2.75) is 35.2 Å². The molecule has 0 radical (unpaired) electrons. The first-order valence-electron chi connectivity index (χ1n) is 10.9. The van der Waals surface area contributed by atoms with Gasteiger partial charge in [-0.1, -0.05) is 47.6 Å². The second-order valence-corrected chi connectivity index (χ2v) is 10.3. The van der Waals surface area contributed by atoms with Gasteiger partial charge >= 0.3 is 0 Å². The number of nitrogens with zero attached hydrogens (tertiary/aromatic N) is 5. The van der Waals surface area contributed by atoms with Crippen LogP contribution in [0.25, 0.3) is 0 Å². The zero-order chi connectivity index (χ0) is 22.3. The Hall–Kier alpha value is -2.35. The Balaban J connectivity index is 1.25. The first kappa shape index (κ1) is 21.5. The highest BCUT2D eigenvalue weighted by molar-refractivity contribution is 7.99. The standard InChI is InChI=1S/C24H27ClN6S/c1-30(2)23-21(25)18(7-10-27-23)32-20-15-28-19(14-29-20)31-11-8-24(9-12-31)13-16-5-3-4-6-17(16)22(24)26/h3-7,10,14-15,22H,8-9,11-13,26H2,1-2H3/t22-/m1/s1. The number of piperidine rings is 1. The van der Waals surface area contributed by atoms with E-state index in [0.29, 0.717) is 5.02 Å². The molecule has 0 unspecified atom stereocenters. The third kappa shape index (κ3) is 3.83. The second kappa shape index (κ2) is 8.54. The van der Waals surface area contributed by atoms with Crippen molar-refractivity contribution in [3.05, 3.63) is 65.1 Å². The molecule has 0 bridgehead atoms. The van der Waals surface area contributed by atoms with Gasteiger partial charge in [0.25, 0.3) is 0 Å². The summed E-state index contributed by atoms with van der Waals surface area (Å²) in [5, 5.41) is 1.44. The summed E-state index contributed by atoms with van der Waals surface area (Å²) in [5.41, 5.74) is 9.63. The quantitative estimate of drug-likeness (QED) is 0.603. The minimum Gasteiger partial charge on any atom is -0.361 e. The number of fused-ring (bicyclic) bond motifs is 1. The van der Waals surface area contributed by atoms with Gasteiger partial charge in [0, 0.05) is 44.3 Å². The van der Waals surface area contributed by atoms with Crippen molar-refractivity contribution in [1.29, 1.82) is 0 Å². The highest BCUT2D eigenvalue weighted by Gasteiger charge is 2.45. The van der Waals surface area contributed by atoms with Crippen LogP contribution in [0.4, 0.5) is 11.6 Å². The Morgan fingerprint density at radius 3 is 2.56 bits per heavy atom. The van der Waals surface area contributed by atoms with Gasteiger partial charge in [0.2, 0.25) is 0 Å². The van der Waals surface area contributed by atoms with Crippen molar-refractivity contribution < 1.29 is 0 Å². The molecule has 5 rings (SSSR count). The summed E-state index contributed by atoms with van der Waals surface area (Å²) in [7, 11) is 3.86. The fourth-order valence-electron chi connectivity index (χ4n) is 4.93. The first-order chi connectivity index (χ1) is 15.5. The van der Waals surface area contributed by atoms with Crippen LogP contribution >= 0.6 is 23.4 Å². The molecule has 3 aromatic rings. The van der Waals surface area contributed by atoms with Gasteiger partial charge in [-0.15, -0.1) is 0 Å². The maximum Gasteiger partial charge on any atom is 0.147 e. The van der Waals surface area contributed by atoms with Crippen LogP contribution in [0.2, 0.25) is 5.02 Å². The van der Waals surface area contributed by atoms with E-state index in [1.165, 1.54) is 22.9 Å². The number of halogens is 1. The average Bonchev–Trinajstić information content (AvgIpc) is 3.07. The molecule has 1 atom stereocenters. The molecular formula is C24H27ClN6S. The van der Waals surface area contributed by atoms with Gasteiger partial charge in [-0.2, -0.15) is 0 Å². The maximum atomic E-state index is 6.71. The number of rotatable bonds is 4. The number of pyridine rings is 1. The molecule has 8 heteroatoms. The van der Waals surface area contributed by atoms with Crippen LogP contribution < -0.4 is 15.5 Å². The third-order valence-electron chi connectivity index (χ3n) is 6.76. The lowest BCUT2D eigenvalue weighted by atomic mass is 9.73. The van der Waals surface area contributed by atoms with Crippen molar-refractivity contribution in [3.63, 3.8) is 0 Å². The normalized spacial score (nSPS) is 19.2. The number of hydrogen-bond acceptors (Lipinski definition) is 7. The fourth-order valence-corrected chi connectivity index (χ4v) is 6.07. The van der Waals surface area contributed by atoms with Gasteiger partial charge in [-0.05, 0) is 41.9 Å². The van der Waals surface area contributed by atoms with E-state index < -0.39 is 0 Å². The Labute approximate surface area is 198 Å². The lowest BCUT2D eigenvalue weighted by molar-refractivity contribution is 0.187. The van der Waals surface area contributed by atoms with Crippen LogP contribution in [0.5, 0.6) is 0 Å². The highest BCUT2D eigenvalue weighted by atomic mass is 35.5. The van der Waals surface area contributed by atoms with E-state index in [1.54, 1.807) is 6.20 Å². The van der Waals surface area contributed by atoms with Crippen molar-refractivity contribution in [3.8, 4) is 0 Å². The maximum absolute atomic E-state index is 6.71. The topological polar surface area (TPSA) is 71.2 Å². The monoisotopic (exact) mass is 466 g/mol. The second-order valence-electron chi connectivity index (χ2n) is 8.86. The summed E-state index contributed by atoms with van der Waals surface area (Å²) in [6.07, 6.45) is 8.68. The molecule has 2 aliphatic rings. The van der Waals surface area contributed by atoms with Gasteiger partial charge in [-0.25, -0.2) is 15.0 Å². The highest BCUT2D eigenvalue weighted by Crippen LogP contribution is 2.50. The molecule has 0 saturated carbocycles. The van der Waals surface area contributed by atoms with Gasteiger partial charge in [0.15, 0.2) is 0 Å². The van der Waals surface area contributed by atoms with Gasteiger partial charge < -0.3 is 15.5 Å². The molecule has 1 aromatic carbocycles. The molecule has 166 valence electrons. The summed E-state index contributed by atoms with van der Waals surface area (Å²) < 4.78 is 0. The minimum absolute atomic E-state index is 0.128. The predicted molar refractivity (Wildman–Crippen MR) is 131 cm³/mol. The van der Waals surface area contributed by atoms with Crippen LogP contribution in [0.15, 0.2) is 58.8 Å². The van der Waals surface area contributed by atoms with Crippen LogP contribution in [-0.2, 0) is 6.42 Å². The molecule has 32 heavy (non-hydrogen) atoms. The number of benzene rings is 1. The molecule has 1 spiro atoms. The Morgan fingerprint density at radius 2 is 1.88 bits per heavy atom. The van der Waals surface area contributed by atoms with Crippen LogP contribution in [0.1, 0.15) is 30.0 Å². The molecule has 0 amide bonds. The lowest BCUT2D eigenvalue weighted by Crippen LogP contribution is -2.44. The minimum atomic E-state index is 0.128. The number of anilines is 2. The van der Waals surface area contributed by atoms with Crippen molar-refractivity contribution >= 4 is 35.0 Å². The smallest absolute Gasteiger partial charge is 0.147 e. The number of aromatic nitrogens is 3. The summed E-state index contributed by atoms with van der Waals surface area (Å²) >= 11 is 8.02. The third-order valence-corrected chi connectivity index (χ3v) is 8.23. The van der Waals surface area contributed by atoms with Crippen molar-refractivity contribution in [2.75, 3.05) is 37.0 Å². The number of hydrogen-bond donors (Lipinski definition) is 1. The molecule has 1 aliphatic heterocycles. The summed E-state index contributed by atoms with van der Waals surface area (Å²) in [6, 6.07) is 10.7. The largest absolute Gasteiger partial charge is 0.361 e. The zero-order valence-electron chi connectivity index (χ0n) is 18.3. The summed E-state index contributed by atoms with van der Waals surface area (Å²) in [6.45, 7) is 1.90. The van der Waals surface area contributed by atoms with Crippen molar-refractivity contribution in [1.82, 2.24) is 15.0 Å². The SMILES string of the molecule is CN(C)c1nccc(Sc2cnc(N3CCC4(CC3)Cc3ccccc3[C@H]4N)cn2)c1Cl. The van der Waals surface area contributed by atoms with E-state index in [1.807, 2.05) is 37.5 Å². The van der Waals surface area contributed by atoms with Gasteiger partial charge in [-0.3, -0.25) is 0 Å². The molecule has 2 aromatic heterocycles. The molecular weight excluding hydrogens is 440 g/mol. The van der Waals surface area contributed by atoms with Gasteiger partial charge in [0.05, 0.1) is 17.4 Å². The van der Waals surface area contributed by atoms with Crippen LogP contribution in [-0.4, -0.2) is 42.1 Å². The molecule has 2 N–H and O–H groups in total. The Morgan fingerprint density at radius 1 is 1.09 bits per heavy atom. The summed E-state index contributed by atoms with van der Waals surface area (Å²) in [5.74, 6) is 1.67. The summed E-state index contributed by atoms with van der Waals surface area (Å²) in [4.78, 5) is 18.8. The molecule has 3 heterocycles. The first-order valence-corrected chi connectivity index (χ1v) is 12.1. The average molecular weight is 467 g/mol. The molecule has 6 nitrogen and oxygen atoms in total. The van der Waals surface area contributed by atoms with Crippen LogP contribution in [0.3, 0.4) is 0 Å². The number of nitrogens with two attached hydrogens (primary N) is 1. The fraction of sp³-hybridized carbons (Fsp3) is 0.375. The van der Waals surface area contributed by atoms with E-state index in [9.17, 15) is 0 Å². The van der Waals surface area contributed by atoms with E-state index in [0.717, 1.165) is 53.9 Å². The molecule has 1 fully saturated rings. The van der Waals surface area contributed by atoms with E-state index in [2.05, 4.69) is 39.1 Å². The van der Waals surface area contributed by atoms with E-state index in [-0.39, 0.29) is 11.5 Å². The molecule has 1 saturated heterocycles. The van der Waals surface area contributed by atoms with E-state index in [4.69, 9.17) is 22.3 Å². The Kier molecular flexibility index (Phi) is 5.73. The van der Waals surface area contributed by atoms with Crippen LogP contribution in [0, 0.1) is 5.41 Å². The predicted octanol–water partition coefficient (Wildman–Crippen LogP) is 4.58. The molecule has 1 aliphatic carbocycles. The lowest BCUT2D eigenvalue weighted by Gasteiger charge is -2.42. The van der Waals surface area contributed by atoms with E-state index >= 15 is 0 Å². The zero-order valence-corrected chi connectivity index (χ0v) is 19.9.